The highest BCUT2D eigenvalue weighted by Gasteiger charge is 2.74. The Morgan fingerprint density at radius 3 is 2.85 bits per heavy atom. The number of aliphatic hydroxyl groups is 2. The van der Waals surface area contributed by atoms with Crippen LogP contribution in [-0.4, -0.2) is 69.3 Å². The zero-order chi connectivity index (χ0) is 23.8. The molecule has 5 atom stereocenters. The summed E-state index contributed by atoms with van der Waals surface area (Å²) in [5.41, 5.74) is 0.736. The van der Waals surface area contributed by atoms with E-state index in [1.165, 1.54) is 22.9 Å². The van der Waals surface area contributed by atoms with Crippen LogP contribution in [0.1, 0.15) is 26.3 Å². The van der Waals surface area contributed by atoms with Gasteiger partial charge < -0.3 is 20.1 Å². The van der Waals surface area contributed by atoms with Crippen molar-refractivity contribution in [1.29, 1.82) is 0 Å². The van der Waals surface area contributed by atoms with E-state index in [-0.39, 0.29) is 17.6 Å². The van der Waals surface area contributed by atoms with Crippen LogP contribution in [0.5, 0.6) is 0 Å². The first kappa shape index (κ1) is 21.6. The summed E-state index contributed by atoms with van der Waals surface area (Å²) in [6.45, 7) is 4.02. The minimum Gasteiger partial charge on any atom is -0.389 e. The molecule has 2 fully saturated rings. The van der Waals surface area contributed by atoms with Crippen LogP contribution in [0, 0.1) is 11.3 Å². The largest absolute Gasteiger partial charge is 0.389 e. The van der Waals surface area contributed by atoms with Crippen molar-refractivity contribution in [2.24, 2.45) is 11.3 Å². The molecule has 4 aromatic heterocycles. The number of Topliss-reactive ketones (excluding diaryl/α,β-unsaturated/α-hetero) is 1. The molecule has 0 saturated heterocycles. The topological polar surface area (TPSA) is 144 Å². The summed E-state index contributed by atoms with van der Waals surface area (Å²) in [5, 5.41) is 33.1. The lowest BCUT2D eigenvalue weighted by atomic mass is 9.95. The van der Waals surface area contributed by atoms with E-state index >= 15 is 0 Å². The van der Waals surface area contributed by atoms with E-state index in [1.807, 2.05) is 13.0 Å². The third-order valence-electron chi connectivity index (χ3n) is 6.93. The Morgan fingerprint density at radius 2 is 2.18 bits per heavy atom. The highest BCUT2D eigenvalue weighted by molar-refractivity contribution is 7.19. The monoisotopic (exact) mass is 500 g/mol. The number of fused-ring (bicyclic) bond motifs is 2. The van der Waals surface area contributed by atoms with Crippen LogP contribution in [0.2, 0.25) is 4.34 Å². The molecule has 4 aromatic rings. The summed E-state index contributed by atoms with van der Waals surface area (Å²) in [5.74, 6) is 0.491. The molecular weight excluding hydrogens is 480 g/mol. The normalized spacial score (nSPS) is 27.8. The number of anilines is 1. The van der Waals surface area contributed by atoms with Crippen molar-refractivity contribution >= 4 is 45.7 Å². The number of rotatable bonds is 6. The molecule has 13 heteroatoms. The quantitative estimate of drug-likeness (QED) is 0.362. The molecule has 3 N–H and O–H groups in total. The van der Waals surface area contributed by atoms with Gasteiger partial charge in [-0.05, 0) is 38.3 Å². The molecule has 0 aliphatic heterocycles. The van der Waals surface area contributed by atoms with Gasteiger partial charge in [-0.2, -0.15) is 14.6 Å². The number of ketones is 1. The number of aliphatic hydroxyl groups excluding tert-OH is 2. The summed E-state index contributed by atoms with van der Waals surface area (Å²) >= 11 is 7.44. The third-order valence-corrected chi connectivity index (χ3v) is 8.18. The molecule has 2 aliphatic rings. The molecule has 0 amide bonds. The van der Waals surface area contributed by atoms with Crippen LogP contribution in [0.4, 0.5) is 5.82 Å². The summed E-state index contributed by atoms with van der Waals surface area (Å²) in [7, 11) is 0. The molecule has 0 bridgehead atoms. The van der Waals surface area contributed by atoms with Gasteiger partial charge in [-0.25, -0.2) is 4.98 Å². The number of imidazole rings is 1. The Hall–Kier alpha value is -2.93. The summed E-state index contributed by atoms with van der Waals surface area (Å²) in [4.78, 5) is 26.9. The van der Waals surface area contributed by atoms with Crippen LogP contribution in [0.3, 0.4) is 0 Å². The van der Waals surface area contributed by atoms with Gasteiger partial charge in [0, 0.05) is 6.54 Å². The lowest BCUT2D eigenvalue weighted by Crippen LogP contribution is -2.36. The summed E-state index contributed by atoms with van der Waals surface area (Å²) < 4.78 is 3.87. The van der Waals surface area contributed by atoms with E-state index in [0.717, 1.165) is 4.88 Å². The van der Waals surface area contributed by atoms with Gasteiger partial charge in [-0.3, -0.25) is 4.79 Å². The molecule has 0 radical (unpaired) electrons. The lowest BCUT2D eigenvalue weighted by molar-refractivity contribution is -0.128. The van der Waals surface area contributed by atoms with Gasteiger partial charge in [0.2, 0.25) is 0 Å². The average molecular weight is 501 g/mol. The molecule has 11 nitrogen and oxygen atoms in total. The van der Waals surface area contributed by atoms with Crippen LogP contribution in [0.25, 0.3) is 27.7 Å². The second-order valence-corrected chi connectivity index (χ2v) is 10.4. The molecule has 2 saturated carbocycles. The fourth-order valence-corrected chi connectivity index (χ4v) is 6.21. The fraction of sp³-hybridized carbons (Fsp3) is 0.429. The smallest absolute Gasteiger partial charge is 0.256 e. The summed E-state index contributed by atoms with van der Waals surface area (Å²) in [6.07, 6.45) is 1.60. The molecule has 0 aromatic carbocycles. The van der Waals surface area contributed by atoms with Crippen LogP contribution in [-0.2, 0) is 4.79 Å². The van der Waals surface area contributed by atoms with Crippen molar-refractivity contribution in [1.82, 2.24) is 34.5 Å². The van der Waals surface area contributed by atoms with Gasteiger partial charge in [-0.15, -0.1) is 16.4 Å². The van der Waals surface area contributed by atoms with E-state index in [9.17, 15) is 15.0 Å². The second-order valence-electron chi connectivity index (χ2n) is 8.71. The summed E-state index contributed by atoms with van der Waals surface area (Å²) in [6, 6.07) is 3.14. The zero-order valence-corrected chi connectivity index (χ0v) is 19.8. The van der Waals surface area contributed by atoms with E-state index in [4.69, 9.17) is 16.6 Å². The number of nitrogens with one attached hydrogen (secondary N) is 1. The number of carbonyl (C=O) groups excluding carboxylic acids is 1. The number of nitrogens with zero attached hydrogens (tertiary/aromatic N) is 7. The van der Waals surface area contributed by atoms with Gasteiger partial charge in [0.15, 0.2) is 17.0 Å². The SMILES string of the molecule is CCNc1nc(-n2cc(-c3ccc(Cl)s3)nn2)nc2c1ncn2[C@@H]1C2C[C@@]2(C(C)=O)C(O)[C@H]1O. The number of hydrogen-bond acceptors (Lipinski definition) is 10. The van der Waals surface area contributed by atoms with Crippen LogP contribution >= 0.6 is 22.9 Å². The molecular formula is C21H21ClN8O3S. The molecule has 176 valence electrons. The second kappa shape index (κ2) is 7.54. The maximum atomic E-state index is 12.3. The maximum absolute atomic E-state index is 12.3. The van der Waals surface area contributed by atoms with Crippen LogP contribution in [0.15, 0.2) is 24.7 Å². The Morgan fingerprint density at radius 1 is 1.35 bits per heavy atom. The Bertz CT molecular complexity index is 1430. The number of thiophene rings is 1. The Balaban J connectivity index is 1.45. The number of halogens is 1. The van der Waals surface area contributed by atoms with Gasteiger partial charge in [0.25, 0.3) is 5.95 Å². The van der Waals surface area contributed by atoms with Crippen LogP contribution < -0.4 is 5.32 Å². The molecule has 6 rings (SSSR count). The van der Waals surface area contributed by atoms with Gasteiger partial charge >= 0.3 is 0 Å². The van der Waals surface area contributed by atoms with E-state index < -0.39 is 23.7 Å². The van der Waals surface area contributed by atoms with Crippen molar-refractivity contribution in [3.63, 3.8) is 0 Å². The Kier molecular flexibility index (Phi) is 4.79. The molecule has 34 heavy (non-hydrogen) atoms. The Labute approximate surface area is 202 Å². The molecule has 2 unspecified atom stereocenters. The number of aromatic nitrogens is 7. The van der Waals surface area contributed by atoms with Gasteiger partial charge in [0.1, 0.15) is 17.6 Å². The highest BCUT2D eigenvalue weighted by atomic mass is 35.5. The minimum atomic E-state index is -1.12. The van der Waals surface area contributed by atoms with E-state index in [2.05, 4.69) is 25.6 Å². The number of carbonyl (C=O) groups is 1. The van der Waals surface area contributed by atoms with E-state index in [1.54, 1.807) is 23.2 Å². The van der Waals surface area contributed by atoms with E-state index in [0.29, 0.717) is 40.0 Å². The molecule has 2 aliphatic carbocycles. The van der Waals surface area contributed by atoms with Crippen molar-refractivity contribution < 1.29 is 15.0 Å². The average Bonchev–Trinajstić information content (AvgIpc) is 3.21. The standard InChI is InChI=1S/C21H21ClN8O3S/c1-3-23-18-14-19(26-20(25-18)30-7-11(27-28-30)12-4-5-13(22)34-12)29(8-24-14)15-10-6-21(10,9(2)31)17(33)16(15)32/h4-5,7-8,10,15-17,32-33H,3,6H2,1-2H3,(H,23,25,26)/t10?,15-,16+,17?,21+/m1/s1. The fourth-order valence-electron chi connectivity index (χ4n) is 5.21. The third kappa shape index (κ3) is 2.95. The van der Waals surface area contributed by atoms with Crippen molar-refractivity contribution in [2.75, 3.05) is 11.9 Å². The first-order valence-electron chi connectivity index (χ1n) is 10.9. The molecule has 4 heterocycles. The lowest BCUT2D eigenvalue weighted by Gasteiger charge is -2.23. The van der Waals surface area contributed by atoms with Crippen molar-refractivity contribution in [3.8, 4) is 16.5 Å². The first-order valence-corrected chi connectivity index (χ1v) is 12.1. The highest BCUT2D eigenvalue weighted by Crippen LogP contribution is 2.68. The van der Waals surface area contributed by atoms with Gasteiger partial charge in [0.05, 0.1) is 39.3 Å². The predicted molar refractivity (Wildman–Crippen MR) is 125 cm³/mol. The zero-order valence-electron chi connectivity index (χ0n) is 18.3. The minimum absolute atomic E-state index is 0.108. The first-order chi connectivity index (χ1) is 16.3. The number of hydrogen-bond donors (Lipinski definition) is 3. The molecule has 0 spiro atoms. The predicted octanol–water partition coefficient (Wildman–Crippen LogP) is 2.09. The maximum Gasteiger partial charge on any atom is 0.256 e. The van der Waals surface area contributed by atoms with Crippen molar-refractivity contribution in [2.45, 2.75) is 38.5 Å². The van der Waals surface area contributed by atoms with Gasteiger partial charge in [-0.1, -0.05) is 16.8 Å². The van der Waals surface area contributed by atoms with Crippen molar-refractivity contribution in [3.05, 3.63) is 29.0 Å².